The predicted molar refractivity (Wildman–Crippen MR) is 81.1 cm³/mol. The zero-order valence-corrected chi connectivity index (χ0v) is 13.2. The topological polar surface area (TPSA) is 88.2 Å². The number of nitrogens with zero attached hydrogens (tertiary/aromatic N) is 2. The first-order valence-electron chi connectivity index (χ1n) is 6.70. The van der Waals surface area contributed by atoms with Gasteiger partial charge in [0.15, 0.2) is 0 Å². The lowest BCUT2D eigenvalue weighted by atomic mass is 10.0. The van der Waals surface area contributed by atoms with Crippen molar-refractivity contribution in [3.8, 4) is 11.8 Å². The van der Waals surface area contributed by atoms with Crippen molar-refractivity contribution >= 4 is 21.6 Å². The third-order valence-corrected chi connectivity index (χ3v) is 4.14. The third kappa shape index (κ3) is 4.16. The molecule has 1 atom stereocenters. The lowest BCUT2D eigenvalue weighted by Crippen LogP contribution is -2.43. The fraction of sp³-hybridized carbons (Fsp3) is 0.500. The Morgan fingerprint density at radius 3 is 2.90 bits per heavy atom. The van der Waals surface area contributed by atoms with Gasteiger partial charge in [0.1, 0.15) is 15.8 Å². The van der Waals surface area contributed by atoms with Gasteiger partial charge in [-0.15, -0.1) is 0 Å². The normalized spacial score (nSPS) is 16.8. The van der Waals surface area contributed by atoms with Crippen molar-refractivity contribution in [1.29, 1.82) is 5.26 Å². The summed E-state index contributed by atoms with van der Waals surface area (Å²) in [7, 11) is 0. The summed E-state index contributed by atoms with van der Waals surface area (Å²) in [4.78, 5) is 10.4. The summed E-state index contributed by atoms with van der Waals surface area (Å²) < 4.78 is 5.91. The van der Waals surface area contributed by atoms with Crippen LogP contribution in [-0.2, 0) is 0 Å². The summed E-state index contributed by atoms with van der Waals surface area (Å²) in [5, 5.41) is 23.4. The first-order chi connectivity index (χ1) is 9.95. The molecule has 1 unspecified atom stereocenters. The van der Waals surface area contributed by atoms with Gasteiger partial charge in [-0.25, -0.2) is 0 Å². The molecule has 1 saturated carbocycles. The molecule has 7 heteroatoms. The second-order valence-electron chi connectivity index (χ2n) is 5.31. The Kier molecular flexibility index (Phi) is 4.80. The van der Waals surface area contributed by atoms with Crippen molar-refractivity contribution in [3.63, 3.8) is 0 Å². The zero-order chi connectivity index (χ0) is 15.5. The van der Waals surface area contributed by atoms with Gasteiger partial charge < -0.3 is 4.74 Å². The molecule has 0 saturated heterocycles. The van der Waals surface area contributed by atoms with Gasteiger partial charge in [0.05, 0.1) is 17.6 Å². The van der Waals surface area contributed by atoms with Crippen LogP contribution in [0.5, 0.6) is 5.75 Å². The Morgan fingerprint density at radius 2 is 2.33 bits per heavy atom. The van der Waals surface area contributed by atoms with Gasteiger partial charge in [0, 0.05) is 18.5 Å². The number of nitriles is 1. The van der Waals surface area contributed by atoms with Crippen LogP contribution in [0.15, 0.2) is 22.7 Å². The van der Waals surface area contributed by atoms with Gasteiger partial charge >= 0.3 is 0 Å². The van der Waals surface area contributed by atoms with E-state index in [9.17, 15) is 15.4 Å². The van der Waals surface area contributed by atoms with Crippen LogP contribution < -0.4 is 10.1 Å². The number of benzene rings is 1. The van der Waals surface area contributed by atoms with E-state index in [-0.39, 0.29) is 5.69 Å². The summed E-state index contributed by atoms with van der Waals surface area (Å²) >= 11 is 3.18. The van der Waals surface area contributed by atoms with Crippen LogP contribution >= 0.6 is 15.9 Å². The van der Waals surface area contributed by atoms with Crippen molar-refractivity contribution < 1.29 is 9.66 Å². The van der Waals surface area contributed by atoms with Gasteiger partial charge in [0.2, 0.25) is 0 Å². The molecular formula is C14H16BrN3O3. The van der Waals surface area contributed by atoms with Gasteiger partial charge in [-0.3, -0.25) is 15.4 Å². The molecule has 0 spiro atoms. The Bertz CT molecular complexity index is 583. The maximum absolute atomic E-state index is 10.8. The molecular weight excluding hydrogens is 338 g/mol. The van der Waals surface area contributed by atoms with Gasteiger partial charge in [-0.05, 0) is 41.8 Å². The van der Waals surface area contributed by atoms with Crippen LogP contribution in [0.3, 0.4) is 0 Å². The van der Waals surface area contributed by atoms with E-state index in [0.717, 1.165) is 12.8 Å². The Labute approximate surface area is 131 Å². The number of nitro groups is 1. The molecule has 1 fully saturated rings. The number of halogens is 1. The molecule has 1 aromatic carbocycles. The number of hydrogen-bond acceptors (Lipinski definition) is 5. The van der Waals surface area contributed by atoms with Crippen LogP contribution in [0, 0.1) is 21.4 Å². The number of hydrogen-bond donors (Lipinski definition) is 1. The van der Waals surface area contributed by atoms with Gasteiger partial charge in [-0.2, -0.15) is 5.26 Å². The largest absolute Gasteiger partial charge is 0.492 e. The van der Waals surface area contributed by atoms with E-state index in [1.54, 1.807) is 12.1 Å². The average molecular weight is 354 g/mol. The van der Waals surface area contributed by atoms with Crippen molar-refractivity contribution in [2.75, 3.05) is 6.61 Å². The molecule has 0 aliphatic heterocycles. The highest BCUT2D eigenvalue weighted by atomic mass is 79.9. The molecule has 1 aliphatic rings. The number of rotatable bonds is 7. The summed E-state index contributed by atoms with van der Waals surface area (Å²) in [5.74, 6) is 0.413. The molecule has 1 aliphatic carbocycles. The highest BCUT2D eigenvalue weighted by Crippen LogP contribution is 2.34. The Morgan fingerprint density at radius 1 is 1.62 bits per heavy atom. The minimum atomic E-state index is -0.631. The van der Waals surface area contributed by atoms with E-state index in [4.69, 9.17) is 4.74 Å². The van der Waals surface area contributed by atoms with Crippen molar-refractivity contribution in [1.82, 2.24) is 5.32 Å². The maximum atomic E-state index is 10.8. The number of ether oxygens (including phenoxy) is 1. The Balaban J connectivity index is 1.95. The lowest BCUT2D eigenvalue weighted by Gasteiger charge is -2.23. The van der Waals surface area contributed by atoms with E-state index in [1.165, 1.54) is 6.07 Å². The zero-order valence-electron chi connectivity index (χ0n) is 11.6. The fourth-order valence-electron chi connectivity index (χ4n) is 1.96. The molecule has 0 heterocycles. The number of nitro benzene ring substituents is 1. The highest BCUT2D eigenvalue weighted by Gasteiger charge is 2.32. The molecule has 0 radical (unpaired) electrons. The first kappa shape index (κ1) is 15.7. The summed E-state index contributed by atoms with van der Waals surface area (Å²) in [6.45, 7) is 2.15. The van der Waals surface area contributed by atoms with Crippen LogP contribution in [-0.4, -0.2) is 23.1 Å². The number of nitrogens with one attached hydrogen (secondary N) is 1. The summed E-state index contributed by atoms with van der Waals surface area (Å²) in [5.41, 5.74) is -0.666. The van der Waals surface area contributed by atoms with Gasteiger partial charge in [-0.1, -0.05) is 6.07 Å². The van der Waals surface area contributed by atoms with Crippen LogP contribution in [0.1, 0.15) is 26.2 Å². The van der Waals surface area contributed by atoms with Crippen molar-refractivity contribution in [3.05, 3.63) is 32.8 Å². The minimum absolute atomic E-state index is 0.0355. The molecule has 0 bridgehead atoms. The standard InChI is InChI=1S/C14H16BrN3O3/c1-14(9-16,17-10-5-6-10)7-8-21-12-4-2-3-11(13(12)15)18(19)20/h2-4,10,17H,5-8H2,1H3. The molecule has 6 nitrogen and oxygen atoms in total. The molecule has 2 rings (SSSR count). The lowest BCUT2D eigenvalue weighted by molar-refractivity contribution is -0.385. The predicted octanol–water partition coefficient (Wildman–Crippen LogP) is 3.16. The van der Waals surface area contributed by atoms with Crippen LogP contribution in [0.25, 0.3) is 0 Å². The molecule has 1 N–H and O–H groups in total. The quantitative estimate of drug-likeness (QED) is 0.600. The van der Waals surface area contributed by atoms with Crippen molar-refractivity contribution in [2.45, 2.75) is 37.8 Å². The van der Waals surface area contributed by atoms with Crippen LogP contribution in [0.2, 0.25) is 0 Å². The minimum Gasteiger partial charge on any atom is -0.492 e. The SMILES string of the molecule is CC(C#N)(CCOc1cccc([N+](=O)[O-])c1Br)NC1CC1. The summed E-state index contributed by atoms with van der Waals surface area (Å²) in [6.07, 6.45) is 2.72. The smallest absolute Gasteiger partial charge is 0.287 e. The van der Waals surface area contributed by atoms with E-state index < -0.39 is 10.5 Å². The van der Waals surface area contributed by atoms with Crippen molar-refractivity contribution in [2.24, 2.45) is 0 Å². The molecule has 1 aromatic rings. The average Bonchev–Trinajstić information content (AvgIpc) is 3.24. The summed E-state index contributed by atoms with van der Waals surface area (Å²) in [6, 6.07) is 7.34. The van der Waals surface area contributed by atoms with Crippen LogP contribution in [0.4, 0.5) is 5.69 Å². The highest BCUT2D eigenvalue weighted by molar-refractivity contribution is 9.10. The molecule has 112 valence electrons. The monoisotopic (exact) mass is 353 g/mol. The molecule has 21 heavy (non-hydrogen) atoms. The second-order valence-corrected chi connectivity index (χ2v) is 6.10. The van der Waals surface area contributed by atoms with E-state index in [1.807, 2.05) is 6.92 Å². The van der Waals surface area contributed by atoms with Gasteiger partial charge in [0.25, 0.3) is 5.69 Å². The Hall–Kier alpha value is -1.65. The first-order valence-corrected chi connectivity index (χ1v) is 7.49. The van der Waals surface area contributed by atoms with E-state index >= 15 is 0 Å². The maximum Gasteiger partial charge on any atom is 0.287 e. The third-order valence-electron chi connectivity index (χ3n) is 3.35. The molecule has 0 amide bonds. The van der Waals surface area contributed by atoms with E-state index in [2.05, 4.69) is 27.3 Å². The molecule has 0 aromatic heterocycles. The van der Waals surface area contributed by atoms with E-state index in [0.29, 0.717) is 29.3 Å². The fourth-order valence-corrected chi connectivity index (χ4v) is 2.48. The second kappa shape index (κ2) is 6.41.